The van der Waals surface area contributed by atoms with E-state index in [0.29, 0.717) is 79.0 Å². The molecule has 0 bridgehead atoms. The molecule has 2 aromatic rings. The first-order valence-corrected chi connectivity index (χ1v) is 11.5. The lowest BCUT2D eigenvalue weighted by molar-refractivity contribution is 0.0587. The van der Waals surface area contributed by atoms with Crippen molar-refractivity contribution < 1.29 is 19.2 Å². The van der Waals surface area contributed by atoms with E-state index in [0.717, 1.165) is 0 Å². The molecule has 0 aliphatic carbocycles. The predicted molar refractivity (Wildman–Crippen MR) is 120 cm³/mol. The van der Waals surface area contributed by atoms with Gasteiger partial charge in [-0.15, -0.1) is 0 Å². The lowest BCUT2D eigenvalue weighted by Gasteiger charge is -2.35. The summed E-state index contributed by atoms with van der Waals surface area (Å²) >= 11 is 6.98. The van der Waals surface area contributed by atoms with Gasteiger partial charge in [0.25, 0.3) is 23.6 Å². The van der Waals surface area contributed by atoms with Crippen LogP contribution in [0.2, 0.25) is 0 Å². The van der Waals surface area contributed by atoms with Crippen LogP contribution in [0.4, 0.5) is 0 Å². The molecule has 4 amide bonds. The van der Waals surface area contributed by atoms with E-state index < -0.39 is 11.8 Å². The molecule has 0 N–H and O–H groups in total. The van der Waals surface area contributed by atoms with Crippen molar-refractivity contribution in [2.75, 3.05) is 13.1 Å². The maximum atomic E-state index is 13.3. The second kappa shape index (κ2) is 7.27. The Balaban J connectivity index is 2.24. The smallest absolute Gasteiger partial charge is 0.262 e. The SMILES string of the molecule is CCCN1C(=O)c2c(C)c(C)c3c4c(c(Br)c(Br)c(c24)C1=O)C(=O)N(CCC)C3=O. The minimum atomic E-state index is -0.418. The molecule has 2 aliphatic rings. The number of carbonyl (C=O) groups is 4. The molecule has 0 saturated heterocycles. The summed E-state index contributed by atoms with van der Waals surface area (Å²) in [7, 11) is 0. The number of carbonyl (C=O) groups excluding carboxylic acids is 4. The average Bonchev–Trinajstić information content (AvgIpc) is 2.70. The molecule has 2 aromatic carbocycles. The van der Waals surface area contributed by atoms with Crippen LogP contribution in [0.3, 0.4) is 0 Å². The maximum Gasteiger partial charge on any atom is 0.262 e. The largest absolute Gasteiger partial charge is 0.274 e. The fourth-order valence-electron chi connectivity index (χ4n) is 4.45. The minimum Gasteiger partial charge on any atom is -0.274 e. The van der Waals surface area contributed by atoms with E-state index >= 15 is 0 Å². The maximum absolute atomic E-state index is 13.3. The summed E-state index contributed by atoms with van der Waals surface area (Å²) in [5.74, 6) is -1.59. The molecule has 2 aliphatic heterocycles. The number of hydrogen-bond acceptors (Lipinski definition) is 4. The topological polar surface area (TPSA) is 74.8 Å². The second-order valence-electron chi connectivity index (χ2n) is 7.65. The van der Waals surface area contributed by atoms with Gasteiger partial charge < -0.3 is 0 Å². The van der Waals surface area contributed by atoms with Gasteiger partial charge in [0.15, 0.2) is 0 Å². The molecule has 0 spiro atoms. The Morgan fingerprint density at radius 1 is 0.600 bits per heavy atom. The first kappa shape index (κ1) is 21.2. The molecule has 0 atom stereocenters. The average molecular weight is 536 g/mol. The molecular weight excluding hydrogens is 516 g/mol. The summed E-state index contributed by atoms with van der Waals surface area (Å²) in [6.45, 7) is 7.99. The molecule has 6 nitrogen and oxygen atoms in total. The third-order valence-electron chi connectivity index (χ3n) is 5.92. The van der Waals surface area contributed by atoms with Gasteiger partial charge in [-0.25, -0.2) is 0 Å². The van der Waals surface area contributed by atoms with Crippen molar-refractivity contribution in [3.05, 3.63) is 42.3 Å². The highest BCUT2D eigenvalue weighted by atomic mass is 79.9. The highest BCUT2D eigenvalue weighted by molar-refractivity contribution is 9.13. The van der Waals surface area contributed by atoms with Crippen molar-refractivity contribution in [2.24, 2.45) is 0 Å². The number of benzene rings is 2. The molecule has 30 heavy (non-hydrogen) atoms. The van der Waals surface area contributed by atoms with Gasteiger partial charge in [-0.3, -0.25) is 29.0 Å². The third-order valence-corrected chi connectivity index (χ3v) is 8.04. The quantitative estimate of drug-likeness (QED) is 0.517. The van der Waals surface area contributed by atoms with Crippen LogP contribution in [0.15, 0.2) is 8.95 Å². The van der Waals surface area contributed by atoms with Crippen LogP contribution in [0.25, 0.3) is 10.8 Å². The Bertz CT molecular complexity index is 1030. The summed E-state index contributed by atoms with van der Waals surface area (Å²) in [5, 5.41) is 0.803. The van der Waals surface area contributed by atoms with E-state index in [2.05, 4.69) is 31.9 Å². The molecule has 2 heterocycles. The molecule has 4 rings (SSSR count). The van der Waals surface area contributed by atoms with E-state index in [1.807, 2.05) is 13.8 Å². The summed E-state index contributed by atoms with van der Waals surface area (Å²) in [6, 6.07) is 0. The number of hydrogen-bond donors (Lipinski definition) is 0. The van der Waals surface area contributed by atoms with Crippen molar-refractivity contribution >= 4 is 66.3 Å². The van der Waals surface area contributed by atoms with E-state index in [-0.39, 0.29) is 11.8 Å². The second-order valence-corrected chi connectivity index (χ2v) is 9.24. The summed E-state index contributed by atoms with van der Waals surface area (Å²) in [4.78, 5) is 55.8. The van der Waals surface area contributed by atoms with E-state index in [4.69, 9.17) is 0 Å². The molecule has 8 heteroatoms. The standard InChI is InChI=1S/C22H20Br2N2O4/c1-5-7-25-19(27)11-9(3)10(4)12-14-13(11)15(21(25)29)17(23)18(24)16(14)22(30)26(8-6-2)20(12)28/h5-8H2,1-4H3. The van der Waals surface area contributed by atoms with Gasteiger partial charge in [0.1, 0.15) is 0 Å². The molecule has 0 unspecified atom stereocenters. The Morgan fingerprint density at radius 3 is 1.20 bits per heavy atom. The third kappa shape index (κ3) is 2.52. The number of halogens is 2. The van der Waals surface area contributed by atoms with Crippen molar-refractivity contribution in [1.29, 1.82) is 0 Å². The monoisotopic (exact) mass is 534 g/mol. The highest BCUT2D eigenvalue weighted by Gasteiger charge is 2.44. The molecular formula is C22H20Br2N2O4. The molecule has 0 fully saturated rings. The normalized spacial score (nSPS) is 15.7. The summed E-state index contributed by atoms with van der Waals surface area (Å²) in [5.41, 5.74) is 2.75. The molecule has 156 valence electrons. The van der Waals surface area contributed by atoms with Crippen molar-refractivity contribution in [3.63, 3.8) is 0 Å². The van der Waals surface area contributed by atoms with Crippen molar-refractivity contribution in [1.82, 2.24) is 9.80 Å². The Kier molecular flexibility index (Phi) is 5.13. The molecule has 0 saturated carbocycles. The number of rotatable bonds is 4. The van der Waals surface area contributed by atoms with Gasteiger partial charge in [-0.1, -0.05) is 13.8 Å². The molecule has 0 radical (unpaired) electrons. The first-order chi connectivity index (χ1) is 14.2. The zero-order valence-electron chi connectivity index (χ0n) is 17.1. The van der Waals surface area contributed by atoms with Crippen LogP contribution in [-0.2, 0) is 0 Å². The van der Waals surface area contributed by atoms with Gasteiger partial charge in [-0.2, -0.15) is 0 Å². The zero-order valence-corrected chi connectivity index (χ0v) is 20.3. The van der Waals surface area contributed by atoms with Crippen LogP contribution in [-0.4, -0.2) is 46.5 Å². The zero-order chi connectivity index (χ0) is 22.1. The van der Waals surface area contributed by atoms with Crippen LogP contribution >= 0.6 is 31.9 Å². The van der Waals surface area contributed by atoms with Crippen LogP contribution < -0.4 is 0 Å². The van der Waals surface area contributed by atoms with Crippen molar-refractivity contribution in [3.8, 4) is 0 Å². The number of amides is 4. The van der Waals surface area contributed by atoms with Gasteiger partial charge in [0, 0.05) is 32.8 Å². The lowest BCUT2D eigenvalue weighted by Crippen LogP contribution is -2.45. The first-order valence-electron chi connectivity index (χ1n) is 9.89. The fraction of sp³-hybridized carbons (Fsp3) is 0.364. The molecule has 0 aromatic heterocycles. The predicted octanol–water partition coefficient (Wildman–Crippen LogP) is 4.99. The van der Waals surface area contributed by atoms with Crippen LogP contribution in [0.1, 0.15) is 79.2 Å². The Morgan fingerprint density at radius 2 is 0.900 bits per heavy atom. The fourth-order valence-corrected chi connectivity index (χ4v) is 5.59. The number of imide groups is 2. The van der Waals surface area contributed by atoms with Gasteiger partial charge >= 0.3 is 0 Å². The summed E-state index contributed by atoms with van der Waals surface area (Å²) < 4.78 is 0.858. The lowest BCUT2D eigenvalue weighted by atomic mass is 9.81. The van der Waals surface area contributed by atoms with Crippen molar-refractivity contribution in [2.45, 2.75) is 40.5 Å². The summed E-state index contributed by atoms with van der Waals surface area (Å²) in [6.07, 6.45) is 1.26. The van der Waals surface area contributed by atoms with Crippen LogP contribution in [0, 0.1) is 13.8 Å². The van der Waals surface area contributed by atoms with Gasteiger partial charge in [0.2, 0.25) is 0 Å². The van der Waals surface area contributed by atoms with E-state index in [1.54, 1.807) is 13.8 Å². The number of nitrogens with zero attached hydrogens (tertiary/aromatic N) is 2. The van der Waals surface area contributed by atoms with Crippen LogP contribution in [0.5, 0.6) is 0 Å². The van der Waals surface area contributed by atoms with Gasteiger partial charge in [-0.05, 0) is 69.7 Å². The van der Waals surface area contributed by atoms with Gasteiger partial charge in [0.05, 0.1) is 22.3 Å². The van der Waals surface area contributed by atoms with E-state index in [1.165, 1.54) is 9.80 Å². The minimum absolute atomic E-state index is 0.298. The van der Waals surface area contributed by atoms with E-state index in [9.17, 15) is 19.2 Å². The Labute approximate surface area is 190 Å². The Hall–Kier alpha value is -2.06. The highest BCUT2D eigenvalue weighted by Crippen LogP contribution is 2.47.